The Morgan fingerprint density at radius 3 is 2.49 bits per heavy atom. The molecule has 3 fully saturated rings. The van der Waals surface area contributed by atoms with Crippen molar-refractivity contribution in [3.8, 4) is 0 Å². The number of benzene rings is 1. The van der Waals surface area contributed by atoms with Crippen molar-refractivity contribution in [2.75, 3.05) is 31.1 Å². The van der Waals surface area contributed by atoms with Crippen molar-refractivity contribution in [2.45, 2.75) is 75.0 Å². The lowest BCUT2D eigenvalue weighted by Gasteiger charge is -2.37. The monoisotopic (exact) mass is 477 g/mol. The number of hydrogen-bond donors (Lipinski definition) is 2. The minimum atomic E-state index is -0.492. The predicted molar refractivity (Wildman–Crippen MR) is 131 cm³/mol. The second-order valence-corrected chi connectivity index (χ2v) is 11.1. The number of fused-ring (bicyclic) bond motifs is 2. The highest BCUT2D eigenvalue weighted by atomic mass is 16.2. The van der Waals surface area contributed by atoms with Gasteiger partial charge in [-0.2, -0.15) is 5.21 Å². The molecule has 3 heterocycles. The van der Waals surface area contributed by atoms with E-state index in [0.717, 1.165) is 88.1 Å². The number of piperidine rings is 1. The summed E-state index contributed by atoms with van der Waals surface area (Å²) in [5.74, 6) is 1.25. The van der Waals surface area contributed by atoms with Crippen LogP contribution in [0.5, 0.6) is 0 Å². The summed E-state index contributed by atoms with van der Waals surface area (Å²) in [5, 5.41) is 18.2. The first-order chi connectivity index (χ1) is 17.1. The zero-order valence-corrected chi connectivity index (χ0v) is 20.3. The number of aromatic nitrogens is 4. The number of imide groups is 1. The van der Waals surface area contributed by atoms with E-state index >= 15 is 0 Å². The second kappa shape index (κ2) is 9.00. The molecule has 0 unspecified atom stereocenters. The molecule has 2 aromatic rings. The van der Waals surface area contributed by atoms with Gasteiger partial charge >= 0.3 is 6.03 Å². The number of likely N-dealkylation sites (tertiary alicyclic amines) is 1. The highest BCUT2D eigenvalue weighted by Gasteiger charge is 2.53. The number of tetrazole rings is 1. The maximum Gasteiger partial charge on any atom is 0.328 e. The Bertz CT molecular complexity index is 1070. The van der Waals surface area contributed by atoms with Crippen LogP contribution in [0, 0.1) is 5.92 Å². The van der Waals surface area contributed by atoms with Crippen molar-refractivity contribution in [3.05, 3.63) is 35.7 Å². The quantitative estimate of drug-likeness (QED) is 0.684. The van der Waals surface area contributed by atoms with Crippen LogP contribution in [0.2, 0.25) is 0 Å². The maximum absolute atomic E-state index is 13.5. The van der Waals surface area contributed by atoms with Crippen molar-refractivity contribution in [3.63, 3.8) is 0 Å². The number of hydrogen-bond acceptors (Lipinski definition) is 6. The molecule has 2 aliphatic heterocycles. The number of rotatable bonds is 5. The summed E-state index contributed by atoms with van der Waals surface area (Å²) in [6.07, 6.45) is 10.5. The van der Waals surface area contributed by atoms with Gasteiger partial charge in [0.15, 0.2) is 5.82 Å². The Balaban J connectivity index is 1.05. The van der Waals surface area contributed by atoms with E-state index in [1.807, 2.05) is 24.3 Å². The Morgan fingerprint density at radius 2 is 1.77 bits per heavy atom. The number of nitrogens with one attached hydrogen (secondary N) is 2. The Labute approximate surface area is 206 Å². The second-order valence-electron chi connectivity index (χ2n) is 11.1. The minimum absolute atomic E-state index is 0.0216. The van der Waals surface area contributed by atoms with Crippen molar-refractivity contribution < 1.29 is 9.59 Å². The maximum atomic E-state index is 13.5. The highest BCUT2D eigenvalue weighted by molar-refractivity contribution is 6.22. The van der Waals surface area contributed by atoms with Crippen LogP contribution in [0.1, 0.15) is 75.6 Å². The smallest absolute Gasteiger partial charge is 0.328 e. The fraction of sp³-hybridized carbons (Fsp3) is 0.654. The van der Waals surface area contributed by atoms with Gasteiger partial charge in [0.2, 0.25) is 5.91 Å². The lowest BCUT2D eigenvalue weighted by atomic mass is 9.80. The lowest BCUT2D eigenvalue weighted by Crippen LogP contribution is -2.49. The number of urea groups is 1. The molecule has 9 nitrogen and oxygen atoms in total. The Kier molecular flexibility index (Phi) is 5.82. The van der Waals surface area contributed by atoms with Gasteiger partial charge in [-0.05, 0) is 69.2 Å². The first-order valence-corrected chi connectivity index (χ1v) is 13.3. The molecular weight excluding hydrogens is 442 g/mol. The fourth-order valence-corrected chi connectivity index (χ4v) is 7.15. The van der Waals surface area contributed by atoms with Crippen LogP contribution in [-0.2, 0) is 15.6 Å². The van der Waals surface area contributed by atoms with Gasteiger partial charge < -0.3 is 10.2 Å². The number of carbonyl (C=O) groups excluding carboxylic acids is 2. The average molecular weight is 478 g/mol. The third kappa shape index (κ3) is 3.84. The number of nitrogens with zero attached hydrogens (tertiary/aromatic N) is 5. The van der Waals surface area contributed by atoms with Crippen LogP contribution >= 0.6 is 0 Å². The summed E-state index contributed by atoms with van der Waals surface area (Å²) in [5.41, 5.74) is 1.34. The fourth-order valence-electron chi connectivity index (χ4n) is 7.15. The van der Waals surface area contributed by atoms with Crippen molar-refractivity contribution in [2.24, 2.45) is 5.92 Å². The zero-order valence-electron chi connectivity index (χ0n) is 20.3. The van der Waals surface area contributed by atoms with E-state index in [9.17, 15) is 9.59 Å². The number of aromatic amines is 1. The molecule has 0 bridgehead atoms. The third-order valence-electron chi connectivity index (χ3n) is 9.09. The first-order valence-electron chi connectivity index (χ1n) is 13.3. The molecule has 2 saturated carbocycles. The van der Waals surface area contributed by atoms with Crippen LogP contribution in [0.3, 0.4) is 0 Å². The molecule has 35 heavy (non-hydrogen) atoms. The molecule has 4 aliphatic rings. The minimum Gasteiger partial charge on any atom is -0.337 e. The van der Waals surface area contributed by atoms with Gasteiger partial charge in [0.25, 0.3) is 0 Å². The molecule has 1 saturated heterocycles. The number of para-hydroxylation sites is 1. The molecule has 1 spiro atoms. The number of anilines is 1. The first kappa shape index (κ1) is 22.6. The topological polar surface area (TPSA) is 107 Å². The van der Waals surface area contributed by atoms with Gasteiger partial charge in [-0.25, -0.2) is 9.69 Å². The molecule has 186 valence electrons. The van der Waals surface area contributed by atoms with Crippen molar-refractivity contribution >= 4 is 17.6 Å². The Hall–Kier alpha value is -2.81. The Morgan fingerprint density at radius 1 is 1.06 bits per heavy atom. The zero-order chi connectivity index (χ0) is 23.9. The molecule has 3 amide bonds. The number of amides is 3. The van der Waals surface area contributed by atoms with Crippen LogP contribution < -0.4 is 10.2 Å². The van der Waals surface area contributed by atoms with E-state index in [-0.39, 0.29) is 17.4 Å². The molecule has 6 rings (SSSR count). The third-order valence-corrected chi connectivity index (χ3v) is 9.09. The summed E-state index contributed by atoms with van der Waals surface area (Å²) in [6, 6.07) is 7.59. The van der Waals surface area contributed by atoms with Crippen molar-refractivity contribution in [1.29, 1.82) is 0 Å². The molecular formula is C26H35N7O2. The van der Waals surface area contributed by atoms with Crippen LogP contribution in [-0.4, -0.2) is 63.6 Å². The van der Waals surface area contributed by atoms with Crippen LogP contribution in [0.25, 0.3) is 0 Å². The van der Waals surface area contributed by atoms with E-state index < -0.39 is 5.41 Å². The van der Waals surface area contributed by atoms with Crippen molar-refractivity contribution in [1.82, 2.24) is 30.8 Å². The molecule has 0 atom stereocenters. The molecule has 1 aromatic carbocycles. The van der Waals surface area contributed by atoms with E-state index in [0.29, 0.717) is 12.5 Å². The number of H-pyrrole nitrogens is 1. The summed E-state index contributed by atoms with van der Waals surface area (Å²) in [6.45, 7) is 3.61. The van der Waals surface area contributed by atoms with E-state index in [1.165, 1.54) is 17.7 Å². The van der Waals surface area contributed by atoms with Crippen LogP contribution in [0.15, 0.2) is 24.3 Å². The molecule has 9 heteroatoms. The van der Waals surface area contributed by atoms with Crippen LogP contribution in [0.4, 0.5) is 10.5 Å². The highest BCUT2D eigenvalue weighted by Crippen LogP contribution is 2.51. The normalized spacial score (nSPS) is 23.8. The van der Waals surface area contributed by atoms with E-state index in [1.54, 1.807) is 0 Å². The van der Waals surface area contributed by atoms with Gasteiger partial charge in [0.05, 0.1) is 11.1 Å². The lowest BCUT2D eigenvalue weighted by molar-refractivity contribution is -0.122. The van der Waals surface area contributed by atoms with Gasteiger partial charge in [-0.3, -0.25) is 4.79 Å². The summed E-state index contributed by atoms with van der Waals surface area (Å²) in [4.78, 5) is 30.6. The van der Waals surface area contributed by atoms with E-state index in [2.05, 4.69) is 30.8 Å². The van der Waals surface area contributed by atoms with Gasteiger partial charge in [0.1, 0.15) is 0 Å². The number of carbonyl (C=O) groups is 2. The molecule has 2 N–H and O–H groups in total. The summed E-state index contributed by atoms with van der Waals surface area (Å²) < 4.78 is 0. The standard InChI is InChI=1S/C26H35N7O2/c34-23-26(13-5-6-14-26)20-7-1-2-8-21(20)33(23)24(35)27-17-19-9-15-32(16-10-19)18-25(11-3-4-12-25)22-28-30-31-29-22/h1-2,7-8,19H,3-6,9-18H2,(H,27,35)(H,28,29,30,31). The average Bonchev–Trinajstić information content (AvgIpc) is 3.69. The van der Waals surface area contributed by atoms with Gasteiger partial charge in [0, 0.05) is 18.5 Å². The molecule has 1 aromatic heterocycles. The predicted octanol–water partition coefficient (Wildman–Crippen LogP) is 3.29. The molecule has 0 radical (unpaired) electrons. The van der Waals surface area contributed by atoms with Gasteiger partial charge in [-0.1, -0.05) is 49.1 Å². The van der Waals surface area contributed by atoms with Gasteiger partial charge in [-0.15, -0.1) is 10.2 Å². The summed E-state index contributed by atoms with van der Waals surface area (Å²) >= 11 is 0. The summed E-state index contributed by atoms with van der Waals surface area (Å²) in [7, 11) is 0. The van der Waals surface area contributed by atoms with E-state index in [4.69, 9.17) is 0 Å². The molecule has 2 aliphatic carbocycles. The SMILES string of the molecule is O=C(NCC1CCN(CC2(c3nn[nH]n3)CCCC2)CC1)N1C(=O)C2(CCCC2)c2ccccc21. The largest absolute Gasteiger partial charge is 0.337 e.